The average molecular weight is 435 g/mol. The van der Waals surface area contributed by atoms with Crippen LogP contribution in [-0.2, 0) is 16.6 Å². The van der Waals surface area contributed by atoms with Crippen LogP contribution in [0, 0.1) is 23.2 Å². The van der Waals surface area contributed by atoms with Crippen molar-refractivity contribution in [3.63, 3.8) is 0 Å². The van der Waals surface area contributed by atoms with E-state index in [0.29, 0.717) is 0 Å². The number of rotatable bonds is 4. The molecule has 4 bridgehead atoms. The van der Waals surface area contributed by atoms with Crippen molar-refractivity contribution >= 4 is 22.8 Å². The van der Waals surface area contributed by atoms with E-state index in [9.17, 15) is 9.59 Å². The number of hydrogen-bond acceptors (Lipinski definition) is 3. The molecule has 32 heavy (non-hydrogen) atoms. The van der Waals surface area contributed by atoms with E-state index in [1.165, 1.54) is 19.3 Å². The molecule has 0 radical (unpaired) electrons. The van der Waals surface area contributed by atoms with Gasteiger partial charge in [-0.25, -0.2) is 4.98 Å². The Kier molecular flexibility index (Phi) is 4.63. The maximum absolute atomic E-state index is 13.9. The highest BCUT2D eigenvalue weighted by Gasteiger charge is 2.56. The molecule has 1 aromatic carbocycles. The summed E-state index contributed by atoms with van der Waals surface area (Å²) in [4.78, 5) is 33.9. The second kappa shape index (κ2) is 7.32. The number of carbonyl (C=O) groups excluding carboxylic acids is 2. The van der Waals surface area contributed by atoms with Gasteiger partial charge in [0, 0.05) is 13.6 Å². The second-order valence-electron chi connectivity index (χ2n) is 11.1. The molecule has 170 valence electrons. The summed E-state index contributed by atoms with van der Waals surface area (Å²) >= 11 is 0. The molecule has 6 nitrogen and oxygen atoms in total. The quantitative estimate of drug-likeness (QED) is 0.792. The summed E-state index contributed by atoms with van der Waals surface area (Å²) < 4.78 is 2.05. The lowest BCUT2D eigenvalue weighted by molar-refractivity contribution is -0.160. The van der Waals surface area contributed by atoms with Crippen LogP contribution in [0.25, 0.3) is 11.0 Å². The van der Waals surface area contributed by atoms with Gasteiger partial charge in [0.2, 0.25) is 11.8 Å². The zero-order valence-electron chi connectivity index (χ0n) is 19.2. The first-order chi connectivity index (χ1) is 15.4. The fourth-order valence-electron chi connectivity index (χ4n) is 7.89. The molecule has 7 rings (SSSR count). The Labute approximate surface area is 189 Å². The Balaban J connectivity index is 1.19. The number of hydrogen-bond donors (Lipinski definition) is 1. The molecule has 2 amide bonds. The zero-order valence-corrected chi connectivity index (χ0v) is 19.2. The van der Waals surface area contributed by atoms with Crippen molar-refractivity contribution in [2.75, 3.05) is 6.54 Å². The van der Waals surface area contributed by atoms with Gasteiger partial charge in [0.1, 0.15) is 11.9 Å². The molecule has 5 aliphatic rings. The van der Waals surface area contributed by atoms with Gasteiger partial charge in [-0.2, -0.15) is 0 Å². The molecule has 1 saturated heterocycles. The van der Waals surface area contributed by atoms with E-state index in [2.05, 4.69) is 5.32 Å². The van der Waals surface area contributed by atoms with Gasteiger partial charge in [0.05, 0.1) is 22.5 Å². The van der Waals surface area contributed by atoms with E-state index >= 15 is 0 Å². The van der Waals surface area contributed by atoms with Crippen molar-refractivity contribution in [1.82, 2.24) is 19.8 Å². The minimum absolute atomic E-state index is 0.0277. The Bertz CT molecular complexity index is 1040. The highest BCUT2D eigenvalue weighted by atomic mass is 16.2. The van der Waals surface area contributed by atoms with E-state index in [-0.39, 0.29) is 29.3 Å². The monoisotopic (exact) mass is 434 g/mol. The fourth-order valence-corrected chi connectivity index (χ4v) is 7.89. The summed E-state index contributed by atoms with van der Waals surface area (Å²) in [5.74, 6) is 3.30. The van der Waals surface area contributed by atoms with Crippen LogP contribution in [0.5, 0.6) is 0 Å². The van der Waals surface area contributed by atoms with Crippen LogP contribution in [0.2, 0.25) is 0 Å². The number of nitrogens with zero attached hydrogens (tertiary/aromatic N) is 3. The van der Waals surface area contributed by atoms with E-state index in [0.717, 1.165) is 73.3 Å². The highest BCUT2D eigenvalue weighted by molar-refractivity contribution is 5.91. The Morgan fingerprint density at radius 1 is 1.09 bits per heavy atom. The summed E-state index contributed by atoms with van der Waals surface area (Å²) in [6.07, 6.45) is 8.82. The van der Waals surface area contributed by atoms with Gasteiger partial charge in [-0.05, 0) is 88.2 Å². The molecule has 4 saturated carbocycles. The standard InChI is InChI=1S/C26H34N4O2/c1-16(23-28-20-6-3-4-7-21(20)29(23)2)27-24(31)22-8-5-9-30(22)25(32)26-13-17-10-18(14-26)12-19(11-17)15-26/h3-4,6-7,16-19,22H,5,8-15H2,1-2H3,(H,27,31)/t16-,17?,18?,19?,22+,26?/m1/s1. The van der Waals surface area contributed by atoms with Gasteiger partial charge in [0.25, 0.3) is 0 Å². The van der Waals surface area contributed by atoms with Crippen molar-refractivity contribution < 1.29 is 9.59 Å². The number of carbonyl (C=O) groups is 2. The van der Waals surface area contributed by atoms with Crippen LogP contribution in [-0.4, -0.2) is 38.9 Å². The van der Waals surface area contributed by atoms with Gasteiger partial charge in [-0.3, -0.25) is 9.59 Å². The normalized spacial score (nSPS) is 34.2. The van der Waals surface area contributed by atoms with Gasteiger partial charge < -0.3 is 14.8 Å². The number of amides is 2. The minimum atomic E-state index is -0.340. The first-order valence-electron chi connectivity index (χ1n) is 12.5. The molecule has 1 aromatic heterocycles. The van der Waals surface area contributed by atoms with E-state index in [1.807, 2.05) is 47.7 Å². The molecule has 0 spiro atoms. The molecular weight excluding hydrogens is 400 g/mol. The lowest BCUT2D eigenvalue weighted by Crippen LogP contribution is -2.57. The van der Waals surface area contributed by atoms with Crippen LogP contribution in [0.15, 0.2) is 24.3 Å². The zero-order chi connectivity index (χ0) is 22.0. The van der Waals surface area contributed by atoms with Gasteiger partial charge in [-0.1, -0.05) is 12.1 Å². The topological polar surface area (TPSA) is 67.2 Å². The number of nitrogens with one attached hydrogen (secondary N) is 1. The molecule has 6 heteroatoms. The van der Waals surface area contributed by atoms with Gasteiger partial charge >= 0.3 is 0 Å². The number of imidazole rings is 1. The molecule has 5 fully saturated rings. The average Bonchev–Trinajstić information content (AvgIpc) is 3.38. The van der Waals surface area contributed by atoms with Crippen molar-refractivity contribution in [2.45, 2.75) is 70.4 Å². The fraction of sp³-hybridized carbons (Fsp3) is 0.654. The molecular formula is C26H34N4O2. The number of benzene rings is 1. The van der Waals surface area contributed by atoms with Gasteiger partial charge in [0.15, 0.2) is 0 Å². The van der Waals surface area contributed by atoms with E-state index in [4.69, 9.17) is 4.98 Å². The van der Waals surface area contributed by atoms with Crippen LogP contribution in [0.4, 0.5) is 0 Å². The van der Waals surface area contributed by atoms with Crippen LogP contribution in [0.1, 0.15) is 70.2 Å². The third-order valence-electron chi connectivity index (χ3n) is 8.88. The predicted molar refractivity (Wildman–Crippen MR) is 123 cm³/mol. The van der Waals surface area contributed by atoms with Crippen molar-refractivity contribution in [1.29, 1.82) is 0 Å². The smallest absolute Gasteiger partial charge is 0.243 e. The Morgan fingerprint density at radius 2 is 1.75 bits per heavy atom. The molecule has 1 N–H and O–H groups in total. The summed E-state index contributed by atoms with van der Waals surface area (Å²) in [6.45, 7) is 2.71. The number of likely N-dealkylation sites (tertiary alicyclic amines) is 1. The number of aryl methyl sites for hydroxylation is 1. The minimum Gasteiger partial charge on any atom is -0.345 e. The van der Waals surface area contributed by atoms with Crippen molar-refractivity contribution in [2.24, 2.45) is 30.2 Å². The molecule has 2 heterocycles. The lowest BCUT2D eigenvalue weighted by Gasteiger charge is -2.56. The first-order valence-corrected chi connectivity index (χ1v) is 12.5. The summed E-state index contributed by atoms with van der Waals surface area (Å²) in [6, 6.07) is 7.47. The Morgan fingerprint density at radius 3 is 2.41 bits per heavy atom. The molecule has 4 aliphatic carbocycles. The number of aromatic nitrogens is 2. The summed E-state index contributed by atoms with van der Waals surface area (Å²) in [7, 11) is 1.99. The molecule has 2 atom stereocenters. The van der Waals surface area contributed by atoms with Crippen molar-refractivity contribution in [3.8, 4) is 0 Å². The third-order valence-corrected chi connectivity index (χ3v) is 8.88. The predicted octanol–water partition coefficient (Wildman–Crippen LogP) is 3.96. The largest absolute Gasteiger partial charge is 0.345 e. The third kappa shape index (κ3) is 3.09. The summed E-state index contributed by atoms with van der Waals surface area (Å²) in [5, 5.41) is 3.18. The maximum Gasteiger partial charge on any atom is 0.243 e. The van der Waals surface area contributed by atoms with E-state index in [1.54, 1.807) is 0 Å². The summed E-state index contributed by atoms with van der Waals surface area (Å²) in [5.41, 5.74) is 1.81. The molecule has 0 unspecified atom stereocenters. The first kappa shape index (κ1) is 20.3. The number of fused-ring (bicyclic) bond motifs is 1. The van der Waals surface area contributed by atoms with Crippen LogP contribution >= 0.6 is 0 Å². The van der Waals surface area contributed by atoms with Crippen LogP contribution < -0.4 is 5.32 Å². The SMILES string of the molecule is C[C@@H](NC(=O)[C@@H]1CCCN1C(=O)C12CC3CC(CC(C3)C1)C2)c1nc2ccccc2n1C. The molecule has 2 aromatic rings. The van der Waals surface area contributed by atoms with E-state index < -0.39 is 0 Å². The highest BCUT2D eigenvalue weighted by Crippen LogP contribution is 2.60. The Hall–Kier alpha value is -2.37. The number of para-hydroxylation sites is 2. The van der Waals surface area contributed by atoms with Crippen molar-refractivity contribution in [3.05, 3.63) is 30.1 Å². The van der Waals surface area contributed by atoms with Gasteiger partial charge in [-0.15, -0.1) is 0 Å². The lowest BCUT2D eigenvalue weighted by atomic mass is 9.49. The molecule has 1 aliphatic heterocycles. The maximum atomic E-state index is 13.9. The van der Waals surface area contributed by atoms with Crippen LogP contribution in [0.3, 0.4) is 0 Å². The second-order valence-corrected chi connectivity index (χ2v) is 11.1.